The summed E-state index contributed by atoms with van der Waals surface area (Å²) in [4.78, 5) is 6.33. The van der Waals surface area contributed by atoms with Crippen LogP contribution in [0.15, 0.2) is 48.8 Å². The van der Waals surface area contributed by atoms with Gasteiger partial charge in [-0.25, -0.2) is 0 Å². The van der Waals surface area contributed by atoms with Crippen LogP contribution >= 0.6 is 12.2 Å². The van der Waals surface area contributed by atoms with E-state index in [0.29, 0.717) is 6.54 Å². The Labute approximate surface area is 155 Å². The Morgan fingerprint density at radius 1 is 1.12 bits per heavy atom. The molecule has 0 saturated carbocycles. The predicted molar refractivity (Wildman–Crippen MR) is 104 cm³/mol. The molecule has 2 rings (SSSR count). The van der Waals surface area contributed by atoms with E-state index in [9.17, 15) is 0 Å². The summed E-state index contributed by atoms with van der Waals surface area (Å²) in [6.07, 6.45) is 4.56. The Kier molecular flexibility index (Phi) is 8.15. The van der Waals surface area contributed by atoms with Gasteiger partial charge in [-0.15, -0.1) is 0 Å². The molecule has 0 aliphatic rings. The first kappa shape index (κ1) is 19.1. The van der Waals surface area contributed by atoms with Gasteiger partial charge in [-0.2, -0.15) is 0 Å². The first-order valence-corrected chi connectivity index (χ1v) is 8.67. The Hall–Kier alpha value is -2.18. The molecule has 0 aliphatic carbocycles. The number of thiocarbonyl (C=S) groups is 1. The topological polar surface area (TPSA) is 46.6 Å². The fourth-order valence-corrected chi connectivity index (χ4v) is 2.62. The summed E-state index contributed by atoms with van der Waals surface area (Å²) in [5.74, 6) is 0.850. The van der Waals surface area contributed by atoms with E-state index in [4.69, 9.17) is 21.7 Å². The number of hydrogen-bond acceptors (Lipinski definition) is 4. The van der Waals surface area contributed by atoms with Crippen LogP contribution in [0.4, 0.5) is 0 Å². The Bertz CT molecular complexity index is 635. The van der Waals surface area contributed by atoms with Crippen molar-refractivity contribution in [3.8, 4) is 5.75 Å². The molecule has 6 heteroatoms. The summed E-state index contributed by atoms with van der Waals surface area (Å²) >= 11 is 5.60. The molecule has 0 saturated heterocycles. The zero-order valence-electron chi connectivity index (χ0n) is 14.8. The monoisotopic (exact) mass is 359 g/mol. The van der Waals surface area contributed by atoms with Crippen molar-refractivity contribution in [2.45, 2.75) is 19.5 Å². The van der Waals surface area contributed by atoms with Gasteiger partial charge in [0.25, 0.3) is 0 Å². The van der Waals surface area contributed by atoms with Crippen molar-refractivity contribution in [1.29, 1.82) is 0 Å². The van der Waals surface area contributed by atoms with E-state index < -0.39 is 0 Å². The number of rotatable bonds is 9. The van der Waals surface area contributed by atoms with Crippen LogP contribution in [-0.4, -0.2) is 42.4 Å². The first-order chi connectivity index (χ1) is 12.2. The molecular weight excluding hydrogens is 334 g/mol. The molecule has 0 amide bonds. The highest BCUT2D eigenvalue weighted by atomic mass is 32.1. The van der Waals surface area contributed by atoms with Gasteiger partial charge in [0.15, 0.2) is 5.11 Å². The number of ether oxygens (including phenoxy) is 2. The van der Waals surface area contributed by atoms with Crippen molar-refractivity contribution in [1.82, 2.24) is 15.2 Å². The highest BCUT2D eigenvalue weighted by Crippen LogP contribution is 2.14. The molecule has 0 unspecified atom stereocenters. The molecule has 2 aromatic rings. The first-order valence-electron chi connectivity index (χ1n) is 8.26. The zero-order chi connectivity index (χ0) is 17.9. The van der Waals surface area contributed by atoms with Gasteiger partial charge in [-0.1, -0.05) is 18.2 Å². The van der Waals surface area contributed by atoms with Gasteiger partial charge in [-0.3, -0.25) is 4.98 Å². The molecule has 0 spiro atoms. The second-order valence-corrected chi connectivity index (χ2v) is 6.03. The third kappa shape index (κ3) is 6.68. The van der Waals surface area contributed by atoms with Crippen LogP contribution in [0.5, 0.6) is 5.75 Å². The number of nitrogens with one attached hydrogen (secondary N) is 1. The molecule has 0 fully saturated rings. The third-order valence-electron chi connectivity index (χ3n) is 3.72. The fourth-order valence-electron chi connectivity index (χ4n) is 2.39. The fraction of sp³-hybridized carbons (Fsp3) is 0.368. The molecule has 25 heavy (non-hydrogen) atoms. The zero-order valence-corrected chi connectivity index (χ0v) is 15.6. The average molecular weight is 359 g/mol. The number of benzene rings is 1. The van der Waals surface area contributed by atoms with E-state index in [0.717, 1.165) is 42.5 Å². The summed E-state index contributed by atoms with van der Waals surface area (Å²) in [5.41, 5.74) is 2.29. The maximum absolute atomic E-state index is 5.60. The Morgan fingerprint density at radius 2 is 1.88 bits per heavy atom. The van der Waals surface area contributed by atoms with E-state index in [-0.39, 0.29) is 0 Å². The maximum atomic E-state index is 5.60. The van der Waals surface area contributed by atoms with Crippen LogP contribution in [0.2, 0.25) is 0 Å². The number of nitrogens with zero attached hydrogens (tertiary/aromatic N) is 2. The highest BCUT2D eigenvalue weighted by molar-refractivity contribution is 7.80. The van der Waals surface area contributed by atoms with Gasteiger partial charge in [0, 0.05) is 45.7 Å². The normalized spacial score (nSPS) is 10.3. The van der Waals surface area contributed by atoms with Crippen LogP contribution in [0.1, 0.15) is 17.5 Å². The third-order valence-corrected chi connectivity index (χ3v) is 4.12. The van der Waals surface area contributed by atoms with Gasteiger partial charge in [0.2, 0.25) is 0 Å². The van der Waals surface area contributed by atoms with Gasteiger partial charge in [0.1, 0.15) is 5.75 Å². The van der Waals surface area contributed by atoms with E-state index in [1.54, 1.807) is 20.4 Å². The molecule has 1 aromatic carbocycles. The SMILES string of the molecule is COCCCNC(=S)N(Cc1ccc(OC)cc1)Cc1cccnc1. The van der Waals surface area contributed by atoms with Crippen LogP contribution in [-0.2, 0) is 17.8 Å². The van der Waals surface area contributed by atoms with Crippen LogP contribution in [0.25, 0.3) is 0 Å². The smallest absolute Gasteiger partial charge is 0.169 e. The lowest BCUT2D eigenvalue weighted by molar-refractivity contribution is 0.195. The standard InChI is InChI=1S/C19H25N3O2S/c1-23-12-4-11-21-19(25)22(15-17-5-3-10-20-13-17)14-16-6-8-18(24-2)9-7-16/h3,5-10,13H,4,11-12,14-15H2,1-2H3,(H,21,25). The number of methoxy groups -OCH3 is 2. The van der Waals surface area contributed by atoms with Gasteiger partial charge in [-0.05, 0) is 48.0 Å². The van der Waals surface area contributed by atoms with E-state index in [2.05, 4.69) is 33.4 Å². The number of hydrogen-bond donors (Lipinski definition) is 1. The minimum absolute atomic E-state index is 0.704. The van der Waals surface area contributed by atoms with E-state index in [1.165, 1.54) is 5.56 Å². The molecule has 0 aliphatic heterocycles. The van der Waals surface area contributed by atoms with Crippen LogP contribution < -0.4 is 10.1 Å². The van der Waals surface area contributed by atoms with Gasteiger partial charge >= 0.3 is 0 Å². The summed E-state index contributed by atoms with van der Waals surface area (Å²) in [5, 5.41) is 4.05. The summed E-state index contributed by atoms with van der Waals surface area (Å²) in [6.45, 7) is 2.93. The summed E-state index contributed by atoms with van der Waals surface area (Å²) < 4.78 is 10.3. The largest absolute Gasteiger partial charge is 0.497 e. The molecule has 1 aromatic heterocycles. The van der Waals surface area contributed by atoms with Crippen LogP contribution in [0, 0.1) is 0 Å². The predicted octanol–water partition coefficient (Wildman–Crippen LogP) is 3.00. The molecule has 1 N–H and O–H groups in total. The molecule has 1 heterocycles. The average Bonchev–Trinajstić information content (AvgIpc) is 2.66. The minimum Gasteiger partial charge on any atom is -0.497 e. The summed E-state index contributed by atoms with van der Waals surface area (Å²) in [7, 11) is 3.37. The van der Waals surface area contributed by atoms with Crippen molar-refractivity contribution in [2.24, 2.45) is 0 Å². The van der Waals surface area contributed by atoms with Crippen molar-refractivity contribution in [2.75, 3.05) is 27.4 Å². The minimum atomic E-state index is 0.704. The lowest BCUT2D eigenvalue weighted by Crippen LogP contribution is -2.39. The van der Waals surface area contributed by atoms with E-state index >= 15 is 0 Å². The van der Waals surface area contributed by atoms with Crippen LogP contribution in [0.3, 0.4) is 0 Å². The maximum Gasteiger partial charge on any atom is 0.169 e. The Balaban J connectivity index is 2.03. The highest BCUT2D eigenvalue weighted by Gasteiger charge is 2.11. The van der Waals surface area contributed by atoms with Gasteiger partial charge < -0.3 is 19.7 Å². The second-order valence-electron chi connectivity index (χ2n) is 5.64. The molecule has 134 valence electrons. The number of pyridine rings is 1. The molecule has 5 nitrogen and oxygen atoms in total. The van der Waals surface area contributed by atoms with Gasteiger partial charge in [0.05, 0.1) is 7.11 Å². The van der Waals surface area contributed by atoms with Crippen molar-refractivity contribution < 1.29 is 9.47 Å². The van der Waals surface area contributed by atoms with Crippen molar-refractivity contribution in [3.05, 3.63) is 59.9 Å². The summed E-state index contributed by atoms with van der Waals surface area (Å²) in [6, 6.07) is 12.0. The quantitative estimate of drug-likeness (QED) is 0.549. The lowest BCUT2D eigenvalue weighted by atomic mass is 10.2. The van der Waals surface area contributed by atoms with Crippen molar-refractivity contribution in [3.63, 3.8) is 0 Å². The second kappa shape index (κ2) is 10.6. The van der Waals surface area contributed by atoms with Crippen molar-refractivity contribution >= 4 is 17.3 Å². The molecule has 0 bridgehead atoms. The number of aromatic nitrogens is 1. The lowest BCUT2D eigenvalue weighted by Gasteiger charge is -2.26. The molecular formula is C19H25N3O2S. The Morgan fingerprint density at radius 3 is 2.52 bits per heavy atom. The molecule has 0 radical (unpaired) electrons. The molecule has 0 atom stereocenters. The van der Waals surface area contributed by atoms with E-state index in [1.807, 2.05) is 24.4 Å².